The minimum atomic E-state index is -0.476. The standard InChI is InChI=1S/C7H5N5O/c1-12-6-5(9-3-10-6)4(2-8)11-7(12)13/h3H,1H3,(H,9,10). The van der Waals surface area contributed by atoms with Gasteiger partial charge in [-0.3, -0.25) is 4.57 Å². The topological polar surface area (TPSA) is 87.4 Å². The van der Waals surface area contributed by atoms with Gasteiger partial charge >= 0.3 is 5.69 Å². The minimum absolute atomic E-state index is 0.0793. The van der Waals surface area contributed by atoms with Crippen molar-refractivity contribution in [2.75, 3.05) is 0 Å². The van der Waals surface area contributed by atoms with Gasteiger partial charge in [0, 0.05) is 7.05 Å². The highest BCUT2D eigenvalue weighted by molar-refractivity contribution is 5.75. The molecule has 0 aliphatic rings. The van der Waals surface area contributed by atoms with Crippen LogP contribution in [0.15, 0.2) is 11.1 Å². The second-order valence-electron chi connectivity index (χ2n) is 2.51. The van der Waals surface area contributed by atoms with Gasteiger partial charge in [-0.15, -0.1) is 0 Å². The van der Waals surface area contributed by atoms with Crippen molar-refractivity contribution in [2.45, 2.75) is 0 Å². The molecular weight excluding hydrogens is 170 g/mol. The molecule has 1 N–H and O–H groups in total. The van der Waals surface area contributed by atoms with E-state index in [0.29, 0.717) is 11.2 Å². The summed E-state index contributed by atoms with van der Waals surface area (Å²) in [6.07, 6.45) is 1.42. The number of aryl methyl sites for hydroxylation is 1. The number of hydrogen-bond acceptors (Lipinski definition) is 4. The lowest BCUT2D eigenvalue weighted by molar-refractivity contribution is 0.837. The molecule has 0 saturated carbocycles. The van der Waals surface area contributed by atoms with Gasteiger partial charge in [0.25, 0.3) is 0 Å². The Labute approximate surface area is 72.5 Å². The van der Waals surface area contributed by atoms with Crippen LogP contribution in [0, 0.1) is 11.3 Å². The lowest BCUT2D eigenvalue weighted by Crippen LogP contribution is -2.21. The first kappa shape index (κ1) is 7.49. The van der Waals surface area contributed by atoms with Crippen LogP contribution in [0.25, 0.3) is 11.2 Å². The fraction of sp³-hybridized carbons (Fsp3) is 0.143. The summed E-state index contributed by atoms with van der Waals surface area (Å²) in [5.41, 5.74) is 0.535. The number of aromatic nitrogens is 4. The zero-order chi connectivity index (χ0) is 9.42. The molecule has 0 atom stereocenters. The summed E-state index contributed by atoms with van der Waals surface area (Å²) in [7, 11) is 1.56. The summed E-state index contributed by atoms with van der Waals surface area (Å²) in [6.45, 7) is 0. The van der Waals surface area contributed by atoms with Crippen LogP contribution in [0.1, 0.15) is 5.69 Å². The summed E-state index contributed by atoms with van der Waals surface area (Å²) in [4.78, 5) is 21.4. The van der Waals surface area contributed by atoms with Crippen LogP contribution in [-0.2, 0) is 7.05 Å². The molecule has 6 nitrogen and oxygen atoms in total. The quantitative estimate of drug-likeness (QED) is 0.586. The van der Waals surface area contributed by atoms with Gasteiger partial charge in [0.05, 0.1) is 6.33 Å². The molecule has 0 aliphatic heterocycles. The minimum Gasteiger partial charge on any atom is -0.341 e. The number of imidazole rings is 1. The summed E-state index contributed by atoms with van der Waals surface area (Å²) in [5, 5.41) is 8.66. The molecule has 0 aromatic carbocycles. The second kappa shape index (κ2) is 2.42. The summed E-state index contributed by atoms with van der Waals surface area (Å²) >= 11 is 0. The number of nitriles is 1. The first-order valence-corrected chi connectivity index (χ1v) is 3.54. The average molecular weight is 175 g/mol. The van der Waals surface area contributed by atoms with Crippen molar-refractivity contribution in [3.63, 3.8) is 0 Å². The molecule has 2 aromatic rings. The molecule has 2 rings (SSSR count). The van der Waals surface area contributed by atoms with E-state index in [9.17, 15) is 4.79 Å². The first-order chi connectivity index (χ1) is 6.24. The van der Waals surface area contributed by atoms with Crippen molar-refractivity contribution >= 4 is 11.2 Å². The third-order valence-corrected chi connectivity index (χ3v) is 1.77. The summed E-state index contributed by atoms with van der Waals surface area (Å²) in [6, 6.07) is 1.83. The highest BCUT2D eigenvalue weighted by Gasteiger charge is 2.08. The SMILES string of the molecule is Cn1c(=O)nc(C#N)c2[nH]cnc21. The third kappa shape index (κ3) is 0.906. The van der Waals surface area contributed by atoms with Crippen LogP contribution < -0.4 is 5.69 Å². The van der Waals surface area contributed by atoms with Crippen LogP contribution in [0.5, 0.6) is 0 Å². The fourth-order valence-corrected chi connectivity index (χ4v) is 1.11. The Balaban J connectivity index is 3.06. The van der Waals surface area contributed by atoms with Crippen molar-refractivity contribution in [3.05, 3.63) is 22.5 Å². The van der Waals surface area contributed by atoms with Gasteiger partial charge in [0.15, 0.2) is 11.3 Å². The average Bonchev–Trinajstić information content (AvgIpc) is 2.60. The zero-order valence-corrected chi connectivity index (χ0v) is 6.77. The number of fused-ring (bicyclic) bond motifs is 1. The maximum absolute atomic E-state index is 11.2. The summed E-state index contributed by atoms with van der Waals surface area (Å²) < 4.78 is 1.28. The Bertz CT molecular complexity index is 558. The molecule has 0 aliphatic carbocycles. The Kier molecular flexibility index (Phi) is 1.39. The maximum atomic E-state index is 11.2. The van der Waals surface area contributed by atoms with E-state index in [1.807, 2.05) is 6.07 Å². The number of nitrogens with one attached hydrogen (secondary N) is 1. The molecule has 2 aromatic heterocycles. The predicted octanol–water partition coefficient (Wildman–Crippen LogP) is -0.472. The van der Waals surface area contributed by atoms with Crippen LogP contribution in [0.2, 0.25) is 0 Å². The van der Waals surface area contributed by atoms with E-state index in [1.54, 1.807) is 7.05 Å². The number of hydrogen-bond donors (Lipinski definition) is 1. The number of nitrogens with zero attached hydrogens (tertiary/aromatic N) is 4. The molecule has 0 radical (unpaired) electrons. The largest absolute Gasteiger partial charge is 0.350 e. The van der Waals surface area contributed by atoms with Crippen LogP contribution >= 0.6 is 0 Å². The highest BCUT2D eigenvalue weighted by Crippen LogP contribution is 2.07. The molecular formula is C7H5N5O. The molecule has 13 heavy (non-hydrogen) atoms. The van der Waals surface area contributed by atoms with E-state index in [2.05, 4.69) is 15.0 Å². The predicted molar refractivity (Wildman–Crippen MR) is 43.8 cm³/mol. The molecule has 6 heteroatoms. The lowest BCUT2D eigenvalue weighted by atomic mass is 10.4. The molecule has 0 unspecified atom stereocenters. The van der Waals surface area contributed by atoms with E-state index < -0.39 is 5.69 Å². The fourth-order valence-electron chi connectivity index (χ4n) is 1.11. The Morgan fingerprint density at radius 1 is 1.69 bits per heavy atom. The van der Waals surface area contributed by atoms with Crippen LogP contribution in [-0.4, -0.2) is 19.5 Å². The summed E-state index contributed by atoms with van der Waals surface area (Å²) in [5.74, 6) is 0. The smallest absolute Gasteiger partial charge is 0.341 e. The number of H-pyrrole nitrogens is 1. The van der Waals surface area contributed by atoms with Gasteiger partial charge in [-0.1, -0.05) is 0 Å². The van der Waals surface area contributed by atoms with Crippen molar-refractivity contribution in [1.29, 1.82) is 5.26 Å². The second-order valence-corrected chi connectivity index (χ2v) is 2.51. The first-order valence-electron chi connectivity index (χ1n) is 3.54. The van der Waals surface area contributed by atoms with Crippen molar-refractivity contribution in [3.8, 4) is 6.07 Å². The molecule has 64 valence electrons. The van der Waals surface area contributed by atoms with Crippen LogP contribution in [0.3, 0.4) is 0 Å². The van der Waals surface area contributed by atoms with E-state index in [1.165, 1.54) is 10.9 Å². The molecule has 0 bridgehead atoms. The third-order valence-electron chi connectivity index (χ3n) is 1.77. The molecule has 0 spiro atoms. The van der Waals surface area contributed by atoms with Gasteiger partial charge in [0.1, 0.15) is 11.6 Å². The number of rotatable bonds is 0. The Hall–Kier alpha value is -2.16. The normalized spacial score (nSPS) is 10.2. The Morgan fingerprint density at radius 3 is 3.15 bits per heavy atom. The van der Waals surface area contributed by atoms with Gasteiger partial charge in [-0.2, -0.15) is 10.2 Å². The highest BCUT2D eigenvalue weighted by atomic mass is 16.1. The van der Waals surface area contributed by atoms with Crippen molar-refractivity contribution in [2.24, 2.45) is 7.05 Å². The van der Waals surface area contributed by atoms with Crippen molar-refractivity contribution in [1.82, 2.24) is 19.5 Å². The van der Waals surface area contributed by atoms with Crippen molar-refractivity contribution < 1.29 is 0 Å². The van der Waals surface area contributed by atoms with Gasteiger partial charge in [-0.05, 0) is 0 Å². The van der Waals surface area contributed by atoms with E-state index in [4.69, 9.17) is 5.26 Å². The lowest BCUT2D eigenvalue weighted by Gasteiger charge is -1.96. The van der Waals surface area contributed by atoms with Gasteiger partial charge in [0.2, 0.25) is 0 Å². The monoisotopic (exact) mass is 175 g/mol. The van der Waals surface area contributed by atoms with Crippen LogP contribution in [0.4, 0.5) is 0 Å². The molecule has 0 saturated heterocycles. The Morgan fingerprint density at radius 2 is 2.46 bits per heavy atom. The zero-order valence-electron chi connectivity index (χ0n) is 6.77. The van der Waals surface area contributed by atoms with Gasteiger partial charge in [-0.25, -0.2) is 9.78 Å². The molecule has 0 amide bonds. The number of aromatic amines is 1. The van der Waals surface area contributed by atoms with Gasteiger partial charge < -0.3 is 4.98 Å². The molecule has 0 fully saturated rings. The van der Waals surface area contributed by atoms with E-state index in [0.717, 1.165) is 0 Å². The molecule has 2 heterocycles. The van der Waals surface area contributed by atoms with E-state index in [-0.39, 0.29) is 5.69 Å². The van der Waals surface area contributed by atoms with E-state index >= 15 is 0 Å². The maximum Gasteiger partial charge on any atom is 0.350 e.